The second-order valence-corrected chi connectivity index (χ2v) is 11.5. The number of hydrogen-bond acceptors (Lipinski definition) is 5. The zero-order valence-corrected chi connectivity index (χ0v) is 26.3. The molecule has 4 aromatic rings. The number of anilines is 3. The molecule has 0 atom stereocenters. The first-order chi connectivity index (χ1) is 20.7. The third kappa shape index (κ3) is 6.30. The lowest BCUT2D eigenvalue weighted by Crippen LogP contribution is -2.57. The van der Waals surface area contributed by atoms with E-state index in [-0.39, 0.29) is 23.8 Å². The first kappa shape index (κ1) is 29.9. The maximum Gasteiger partial charge on any atom is 0.343 e. The maximum absolute atomic E-state index is 13.8. The maximum atomic E-state index is 13.8. The topological polar surface area (TPSA) is 96.0 Å². The molecule has 0 aromatic heterocycles. The summed E-state index contributed by atoms with van der Waals surface area (Å²) in [5.74, 6) is -1.73. The number of nitrogens with one attached hydrogen (secondary N) is 1. The van der Waals surface area contributed by atoms with Gasteiger partial charge in [0.15, 0.2) is 6.61 Å². The number of carbonyl (C=O) groups is 4. The van der Waals surface area contributed by atoms with Crippen LogP contribution in [0.4, 0.5) is 21.9 Å². The van der Waals surface area contributed by atoms with Crippen LogP contribution in [0.25, 0.3) is 6.08 Å². The van der Waals surface area contributed by atoms with E-state index in [1.807, 2.05) is 32.0 Å². The number of para-hydroxylation sites is 2. The zero-order chi connectivity index (χ0) is 30.7. The number of aryl methyl sites for hydroxylation is 1. The van der Waals surface area contributed by atoms with Crippen LogP contribution in [0, 0.1) is 13.8 Å². The number of ether oxygens (including phenoxy) is 1. The van der Waals surface area contributed by atoms with Gasteiger partial charge in [-0.15, -0.1) is 0 Å². The summed E-state index contributed by atoms with van der Waals surface area (Å²) >= 11 is 6.93. The first-order valence-electron chi connectivity index (χ1n) is 13.2. The van der Waals surface area contributed by atoms with Gasteiger partial charge in [-0.25, -0.2) is 14.6 Å². The van der Waals surface area contributed by atoms with Crippen molar-refractivity contribution in [2.75, 3.05) is 21.7 Å². The van der Waals surface area contributed by atoms with Crippen molar-refractivity contribution >= 4 is 78.8 Å². The van der Waals surface area contributed by atoms with Crippen molar-refractivity contribution in [3.8, 4) is 5.75 Å². The molecule has 0 aliphatic carbocycles. The number of urea groups is 1. The molecule has 1 fully saturated rings. The van der Waals surface area contributed by atoms with Crippen molar-refractivity contribution < 1.29 is 23.9 Å². The Bertz CT molecular complexity index is 1710. The van der Waals surface area contributed by atoms with E-state index in [0.717, 1.165) is 20.9 Å². The number of nitrogens with zero attached hydrogens (tertiary/aromatic N) is 2. The molecule has 4 aromatic carbocycles. The monoisotopic (exact) mass is 701 g/mol. The van der Waals surface area contributed by atoms with Crippen LogP contribution in [0.1, 0.15) is 16.7 Å². The van der Waals surface area contributed by atoms with Crippen LogP contribution in [0.15, 0.2) is 106 Å². The second kappa shape index (κ2) is 12.8. The van der Waals surface area contributed by atoms with Crippen LogP contribution < -0.4 is 19.9 Å². The Balaban J connectivity index is 1.52. The SMILES string of the molecule is Cc1cccc(NC(=O)COc2c(Br)cc(Br)cc2C=C2C(=O)N(c3ccccc3)C(=O)N(c3ccccc3)C2=O)c1C. The van der Waals surface area contributed by atoms with E-state index in [1.165, 1.54) is 6.08 Å². The number of benzene rings is 4. The highest BCUT2D eigenvalue weighted by Gasteiger charge is 2.43. The highest BCUT2D eigenvalue weighted by Crippen LogP contribution is 2.36. The highest BCUT2D eigenvalue weighted by atomic mass is 79.9. The molecule has 0 bridgehead atoms. The minimum atomic E-state index is -0.792. The van der Waals surface area contributed by atoms with E-state index >= 15 is 0 Å². The average molecular weight is 703 g/mol. The van der Waals surface area contributed by atoms with E-state index in [1.54, 1.807) is 72.8 Å². The standard InChI is InChI=1S/C33H25Br2N3O5/c1-20-10-9-15-28(21(20)2)36-29(39)19-43-30-22(16-23(34)18-27(30)35)17-26-31(40)37(24-11-5-3-6-12-24)33(42)38(32(26)41)25-13-7-4-8-14-25/h3-18H,19H2,1-2H3,(H,36,39). The van der Waals surface area contributed by atoms with Crippen molar-refractivity contribution in [2.24, 2.45) is 0 Å². The van der Waals surface area contributed by atoms with Crippen LogP contribution in [0.5, 0.6) is 5.75 Å². The van der Waals surface area contributed by atoms with Crippen molar-refractivity contribution in [3.05, 3.63) is 122 Å². The molecule has 0 spiro atoms. The number of barbiturate groups is 1. The quantitative estimate of drug-likeness (QED) is 0.160. The molecule has 1 heterocycles. The van der Waals surface area contributed by atoms with Crippen LogP contribution >= 0.6 is 31.9 Å². The number of imide groups is 2. The van der Waals surface area contributed by atoms with Crippen molar-refractivity contribution in [3.63, 3.8) is 0 Å². The van der Waals surface area contributed by atoms with Crippen molar-refractivity contribution in [2.45, 2.75) is 13.8 Å². The van der Waals surface area contributed by atoms with Gasteiger partial charge in [0.2, 0.25) is 0 Å². The predicted octanol–water partition coefficient (Wildman–Crippen LogP) is 7.43. The van der Waals surface area contributed by atoms with Crippen LogP contribution in [0.2, 0.25) is 0 Å². The number of carbonyl (C=O) groups excluding carboxylic acids is 4. The van der Waals surface area contributed by atoms with Gasteiger partial charge < -0.3 is 10.1 Å². The molecule has 5 rings (SSSR count). The minimum Gasteiger partial charge on any atom is -0.482 e. The van der Waals surface area contributed by atoms with Crippen LogP contribution in [0.3, 0.4) is 0 Å². The lowest BCUT2D eigenvalue weighted by atomic mass is 10.0. The van der Waals surface area contributed by atoms with Gasteiger partial charge in [0, 0.05) is 15.7 Å². The summed E-state index contributed by atoms with van der Waals surface area (Å²) in [6.45, 7) is 3.54. The van der Waals surface area contributed by atoms with Gasteiger partial charge >= 0.3 is 6.03 Å². The lowest BCUT2D eigenvalue weighted by Gasteiger charge is -2.34. The number of halogens is 2. The predicted molar refractivity (Wildman–Crippen MR) is 173 cm³/mol. The van der Waals surface area contributed by atoms with Gasteiger partial charge in [0.05, 0.1) is 15.8 Å². The Hall–Kier alpha value is -4.54. The molecule has 216 valence electrons. The molecular formula is C33H25Br2N3O5. The van der Waals surface area contributed by atoms with Crippen molar-refractivity contribution in [1.82, 2.24) is 0 Å². The number of amides is 5. The van der Waals surface area contributed by atoms with E-state index < -0.39 is 17.8 Å². The Morgan fingerprint density at radius 2 is 1.40 bits per heavy atom. The third-order valence-electron chi connectivity index (χ3n) is 6.84. The minimum absolute atomic E-state index is 0.238. The Morgan fingerprint density at radius 3 is 1.98 bits per heavy atom. The fourth-order valence-electron chi connectivity index (χ4n) is 4.54. The van der Waals surface area contributed by atoms with E-state index in [4.69, 9.17) is 4.74 Å². The molecule has 1 saturated heterocycles. The molecular weight excluding hydrogens is 678 g/mol. The van der Waals surface area contributed by atoms with Gasteiger partial charge in [0.1, 0.15) is 11.3 Å². The second-order valence-electron chi connectivity index (χ2n) is 9.68. The molecule has 0 saturated carbocycles. The molecule has 43 heavy (non-hydrogen) atoms. The molecule has 5 amide bonds. The number of rotatable bonds is 7. The van der Waals surface area contributed by atoms with Gasteiger partial charge in [0.25, 0.3) is 17.7 Å². The summed E-state index contributed by atoms with van der Waals surface area (Å²) in [5.41, 5.74) is 3.36. The first-order valence-corrected chi connectivity index (χ1v) is 14.8. The summed E-state index contributed by atoms with van der Waals surface area (Å²) in [7, 11) is 0. The molecule has 1 N–H and O–H groups in total. The number of hydrogen-bond donors (Lipinski definition) is 1. The summed E-state index contributed by atoms with van der Waals surface area (Å²) in [6, 6.07) is 25.0. The summed E-state index contributed by atoms with van der Waals surface area (Å²) < 4.78 is 7.06. The molecule has 1 aliphatic rings. The summed E-state index contributed by atoms with van der Waals surface area (Å²) in [4.78, 5) is 56.0. The molecule has 10 heteroatoms. The van der Waals surface area contributed by atoms with Crippen LogP contribution in [-0.4, -0.2) is 30.4 Å². The molecule has 0 unspecified atom stereocenters. The van der Waals surface area contributed by atoms with E-state index in [2.05, 4.69) is 37.2 Å². The Morgan fingerprint density at radius 1 is 0.814 bits per heavy atom. The van der Waals surface area contributed by atoms with Gasteiger partial charge in [-0.2, -0.15) is 0 Å². The van der Waals surface area contributed by atoms with E-state index in [0.29, 0.717) is 31.6 Å². The lowest BCUT2D eigenvalue weighted by molar-refractivity contribution is -0.121. The smallest absolute Gasteiger partial charge is 0.343 e. The largest absolute Gasteiger partial charge is 0.482 e. The van der Waals surface area contributed by atoms with Gasteiger partial charge in [-0.1, -0.05) is 64.5 Å². The van der Waals surface area contributed by atoms with Gasteiger partial charge in [-0.3, -0.25) is 14.4 Å². The van der Waals surface area contributed by atoms with Gasteiger partial charge in [-0.05, 0) is 89.4 Å². The normalized spacial score (nSPS) is 13.3. The van der Waals surface area contributed by atoms with Crippen molar-refractivity contribution in [1.29, 1.82) is 0 Å². The molecule has 1 aliphatic heterocycles. The fourth-order valence-corrected chi connectivity index (χ4v) is 5.92. The highest BCUT2D eigenvalue weighted by molar-refractivity contribution is 9.11. The summed E-state index contributed by atoms with van der Waals surface area (Å²) in [6.07, 6.45) is 1.37. The third-order valence-corrected chi connectivity index (χ3v) is 7.89. The average Bonchev–Trinajstić information content (AvgIpc) is 2.98. The Labute approximate surface area is 265 Å². The van der Waals surface area contributed by atoms with Crippen LogP contribution in [-0.2, 0) is 14.4 Å². The molecule has 0 radical (unpaired) electrons. The Kier molecular flexibility index (Phi) is 8.89. The fraction of sp³-hybridized carbons (Fsp3) is 0.0909. The molecule has 8 nitrogen and oxygen atoms in total. The zero-order valence-electron chi connectivity index (χ0n) is 23.1. The summed E-state index contributed by atoms with van der Waals surface area (Å²) in [5, 5.41) is 2.86. The van der Waals surface area contributed by atoms with E-state index in [9.17, 15) is 19.2 Å².